The van der Waals surface area contributed by atoms with Crippen LogP contribution in [0.2, 0.25) is 0 Å². The van der Waals surface area contributed by atoms with E-state index in [1.807, 2.05) is 19.9 Å². The molecule has 3 rings (SSSR count). The Labute approximate surface area is 172 Å². The zero-order valence-electron chi connectivity index (χ0n) is 16.7. The first-order valence-electron chi connectivity index (χ1n) is 9.17. The lowest BCUT2D eigenvalue weighted by atomic mass is 10.1. The summed E-state index contributed by atoms with van der Waals surface area (Å²) in [5.41, 5.74) is 1.99. The number of carbonyl (C=O) groups excluding carboxylic acids is 1. The van der Waals surface area contributed by atoms with Crippen molar-refractivity contribution in [3.8, 4) is 11.6 Å². The van der Waals surface area contributed by atoms with Crippen LogP contribution in [0.1, 0.15) is 28.4 Å². The van der Waals surface area contributed by atoms with Crippen molar-refractivity contribution in [2.45, 2.75) is 20.8 Å². The van der Waals surface area contributed by atoms with Gasteiger partial charge in [-0.1, -0.05) is 18.2 Å². The second kappa shape index (κ2) is 8.99. The Morgan fingerprint density at radius 2 is 1.83 bits per heavy atom. The van der Waals surface area contributed by atoms with E-state index in [-0.39, 0.29) is 23.9 Å². The van der Waals surface area contributed by atoms with Crippen LogP contribution in [0.5, 0.6) is 11.6 Å². The van der Waals surface area contributed by atoms with E-state index in [9.17, 15) is 14.9 Å². The van der Waals surface area contributed by atoms with Gasteiger partial charge in [0.1, 0.15) is 12.1 Å². The molecule has 1 aromatic heterocycles. The maximum Gasteiger partial charge on any atom is 0.373 e. The van der Waals surface area contributed by atoms with Crippen LogP contribution in [-0.2, 0) is 4.74 Å². The number of aromatic nitrogens is 2. The number of para-hydroxylation sites is 1. The lowest BCUT2D eigenvalue weighted by molar-refractivity contribution is -0.385. The molecule has 9 nitrogen and oxygen atoms in total. The fourth-order valence-electron chi connectivity index (χ4n) is 2.90. The van der Waals surface area contributed by atoms with E-state index in [2.05, 4.69) is 15.3 Å². The molecule has 0 atom stereocenters. The lowest BCUT2D eigenvalue weighted by Crippen LogP contribution is -2.09. The Morgan fingerprint density at radius 1 is 1.13 bits per heavy atom. The van der Waals surface area contributed by atoms with Gasteiger partial charge < -0.3 is 14.8 Å². The monoisotopic (exact) mass is 408 g/mol. The van der Waals surface area contributed by atoms with Gasteiger partial charge in [-0.25, -0.2) is 9.78 Å². The molecule has 154 valence electrons. The van der Waals surface area contributed by atoms with Crippen LogP contribution in [0, 0.1) is 24.0 Å². The zero-order valence-corrected chi connectivity index (χ0v) is 16.7. The summed E-state index contributed by atoms with van der Waals surface area (Å²) in [5, 5.41) is 14.6. The summed E-state index contributed by atoms with van der Waals surface area (Å²) in [6.07, 6.45) is 1.15. The molecule has 0 fully saturated rings. The summed E-state index contributed by atoms with van der Waals surface area (Å²) in [6, 6.07) is 12.0. The minimum absolute atomic E-state index is 0.105. The molecule has 0 saturated carbocycles. The SMILES string of the molecule is CCOC(=O)c1ccccc1Nc1ncnc(Oc2cc(C)cc(C)c2)c1[N+](=O)[O-]. The van der Waals surface area contributed by atoms with Gasteiger partial charge in [0.2, 0.25) is 5.82 Å². The highest BCUT2D eigenvalue weighted by Gasteiger charge is 2.26. The normalized spacial score (nSPS) is 10.4. The van der Waals surface area contributed by atoms with Crippen molar-refractivity contribution in [2.75, 3.05) is 11.9 Å². The van der Waals surface area contributed by atoms with Gasteiger partial charge in [-0.05, 0) is 56.2 Å². The minimum Gasteiger partial charge on any atom is -0.462 e. The Kier molecular flexibility index (Phi) is 6.21. The summed E-state index contributed by atoms with van der Waals surface area (Å²) in [7, 11) is 0. The van der Waals surface area contributed by atoms with Gasteiger partial charge in [0.05, 0.1) is 22.8 Å². The van der Waals surface area contributed by atoms with Crippen molar-refractivity contribution in [2.24, 2.45) is 0 Å². The van der Waals surface area contributed by atoms with Crippen LogP contribution in [-0.4, -0.2) is 27.5 Å². The molecule has 0 bridgehead atoms. The van der Waals surface area contributed by atoms with Gasteiger partial charge in [-0.3, -0.25) is 10.1 Å². The van der Waals surface area contributed by atoms with Crippen molar-refractivity contribution in [1.82, 2.24) is 9.97 Å². The van der Waals surface area contributed by atoms with Crippen molar-refractivity contribution in [3.63, 3.8) is 0 Å². The highest BCUT2D eigenvalue weighted by Crippen LogP contribution is 2.36. The molecule has 3 aromatic rings. The van der Waals surface area contributed by atoms with Crippen LogP contribution >= 0.6 is 0 Å². The Balaban J connectivity index is 2.00. The summed E-state index contributed by atoms with van der Waals surface area (Å²) < 4.78 is 10.7. The molecule has 0 aliphatic carbocycles. The summed E-state index contributed by atoms with van der Waals surface area (Å²) in [4.78, 5) is 31.3. The summed E-state index contributed by atoms with van der Waals surface area (Å²) >= 11 is 0. The molecule has 30 heavy (non-hydrogen) atoms. The predicted octanol–water partition coefficient (Wildman–Crippen LogP) is 4.71. The Bertz CT molecular complexity index is 1080. The number of esters is 1. The van der Waals surface area contributed by atoms with Crippen molar-refractivity contribution >= 4 is 23.2 Å². The van der Waals surface area contributed by atoms with E-state index in [0.717, 1.165) is 17.5 Å². The third-order valence-corrected chi connectivity index (χ3v) is 4.06. The van der Waals surface area contributed by atoms with Crippen molar-refractivity contribution in [3.05, 3.63) is 75.6 Å². The van der Waals surface area contributed by atoms with Crippen LogP contribution in [0.4, 0.5) is 17.2 Å². The number of nitrogens with one attached hydrogen (secondary N) is 1. The molecule has 0 amide bonds. The van der Waals surface area contributed by atoms with E-state index in [1.54, 1.807) is 43.3 Å². The standard InChI is InChI=1S/C21H20N4O5/c1-4-29-21(26)16-7-5-6-8-17(16)24-19-18(25(27)28)20(23-12-22-19)30-15-10-13(2)9-14(3)11-15/h5-12H,4H2,1-3H3,(H,22,23,24). The largest absolute Gasteiger partial charge is 0.462 e. The lowest BCUT2D eigenvalue weighted by Gasteiger charge is -2.12. The number of benzene rings is 2. The number of hydrogen-bond donors (Lipinski definition) is 1. The van der Waals surface area contributed by atoms with Gasteiger partial charge in [-0.2, -0.15) is 4.98 Å². The molecule has 0 unspecified atom stereocenters. The molecule has 1 N–H and O–H groups in total. The third kappa shape index (κ3) is 4.69. The van der Waals surface area contributed by atoms with Gasteiger partial charge in [0.15, 0.2) is 0 Å². The highest BCUT2D eigenvalue weighted by atomic mass is 16.6. The number of hydrogen-bond acceptors (Lipinski definition) is 8. The van der Waals surface area contributed by atoms with Crippen LogP contribution in [0.3, 0.4) is 0 Å². The van der Waals surface area contributed by atoms with Crippen LogP contribution < -0.4 is 10.1 Å². The van der Waals surface area contributed by atoms with E-state index < -0.39 is 16.6 Å². The maximum absolute atomic E-state index is 12.2. The molecular weight excluding hydrogens is 388 g/mol. The molecule has 9 heteroatoms. The highest BCUT2D eigenvalue weighted by molar-refractivity contribution is 5.96. The number of anilines is 2. The first kappa shape index (κ1) is 20.7. The van der Waals surface area contributed by atoms with E-state index >= 15 is 0 Å². The average Bonchev–Trinajstić information content (AvgIpc) is 2.67. The number of ether oxygens (including phenoxy) is 2. The minimum atomic E-state index is -0.632. The first-order valence-corrected chi connectivity index (χ1v) is 9.17. The van der Waals surface area contributed by atoms with Crippen molar-refractivity contribution in [1.29, 1.82) is 0 Å². The van der Waals surface area contributed by atoms with Gasteiger partial charge in [0, 0.05) is 0 Å². The fraction of sp³-hybridized carbons (Fsp3) is 0.190. The number of rotatable bonds is 7. The molecule has 0 spiro atoms. The molecule has 1 heterocycles. The fourth-order valence-corrected chi connectivity index (χ4v) is 2.90. The average molecular weight is 408 g/mol. The van der Waals surface area contributed by atoms with Gasteiger partial charge >= 0.3 is 17.5 Å². The summed E-state index contributed by atoms with van der Waals surface area (Å²) in [6.45, 7) is 5.69. The van der Waals surface area contributed by atoms with E-state index in [4.69, 9.17) is 9.47 Å². The molecular formula is C21H20N4O5. The molecule has 0 aliphatic rings. The second-order valence-electron chi connectivity index (χ2n) is 6.45. The number of carbonyl (C=O) groups is 1. The second-order valence-corrected chi connectivity index (χ2v) is 6.45. The number of aryl methyl sites for hydroxylation is 2. The third-order valence-electron chi connectivity index (χ3n) is 4.06. The summed E-state index contributed by atoms with van der Waals surface area (Å²) in [5.74, 6) is -0.446. The molecule has 0 radical (unpaired) electrons. The van der Waals surface area contributed by atoms with Crippen molar-refractivity contribution < 1.29 is 19.2 Å². The predicted molar refractivity (Wildman–Crippen MR) is 110 cm³/mol. The molecule has 0 saturated heterocycles. The van der Waals surface area contributed by atoms with Gasteiger partial charge in [-0.15, -0.1) is 0 Å². The first-order chi connectivity index (χ1) is 14.4. The maximum atomic E-state index is 12.2. The Hall–Kier alpha value is -4.01. The number of nitro groups is 1. The molecule has 2 aromatic carbocycles. The van der Waals surface area contributed by atoms with E-state index in [0.29, 0.717) is 11.4 Å². The van der Waals surface area contributed by atoms with Crippen LogP contribution in [0.15, 0.2) is 48.8 Å². The quantitative estimate of drug-likeness (QED) is 0.339. The van der Waals surface area contributed by atoms with E-state index in [1.165, 1.54) is 0 Å². The van der Waals surface area contributed by atoms with Crippen LogP contribution in [0.25, 0.3) is 0 Å². The zero-order chi connectivity index (χ0) is 21.7. The van der Waals surface area contributed by atoms with Gasteiger partial charge in [0.25, 0.3) is 0 Å². The topological polar surface area (TPSA) is 116 Å². The smallest absolute Gasteiger partial charge is 0.373 e. The molecule has 0 aliphatic heterocycles. The number of nitrogens with zero attached hydrogens (tertiary/aromatic N) is 3. The Morgan fingerprint density at radius 3 is 2.50 bits per heavy atom.